The van der Waals surface area contributed by atoms with Crippen LogP contribution >= 0.6 is 0 Å². The van der Waals surface area contributed by atoms with Gasteiger partial charge in [-0.2, -0.15) is 0 Å². The standard InChI is InChI=1S/C17H22N6O/c18-16(24)14-2-1-7-19-17(14)22-8-5-12(6-9-22)10-23-11-15(20-21-23)13-3-4-13/h1-2,7,11-13H,3-6,8-10H2,(H2,18,24). The van der Waals surface area contributed by atoms with E-state index in [1.54, 1.807) is 18.3 Å². The zero-order chi connectivity index (χ0) is 16.5. The van der Waals surface area contributed by atoms with Gasteiger partial charge in [0.05, 0.1) is 11.3 Å². The average molecular weight is 326 g/mol. The van der Waals surface area contributed by atoms with Crippen molar-refractivity contribution in [2.45, 2.75) is 38.1 Å². The minimum atomic E-state index is -0.421. The van der Waals surface area contributed by atoms with Crippen LogP contribution in [0.5, 0.6) is 0 Å². The third-order valence-corrected chi connectivity index (χ3v) is 4.96. The number of rotatable bonds is 5. The molecule has 0 spiro atoms. The second-order valence-electron chi connectivity index (χ2n) is 6.81. The van der Waals surface area contributed by atoms with Crippen molar-refractivity contribution in [1.82, 2.24) is 20.0 Å². The summed E-state index contributed by atoms with van der Waals surface area (Å²) in [5, 5.41) is 8.54. The predicted octanol–water partition coefficient (Wildman–Crippen LogP) is 1.57. The summed E-state index contributed by atoms with van der Waals surface area (Å²) in [5.74, 6) is 1.52. The van der Waals surface area contributed by atoms with Gasteiger partial charge >= 0.3 is 0 Å². The number of amides is 1. The molecule has 1 saturated carbocycles. The molecule has 0 radical (unpaired) electrons. The lowest BCUT2D eigenvalue weighted by molar-refractivity contribution is 0.100. The highest BCUT2D eigenvalue weighted by Crippen LogP contribution is 2.38. The average Bonchev–Trinajstić information content (AvgIpc) is 3.35. The van der Waals surface area contributed by atoms with E-state index < -0.39 is 5.91 Å². The lowest BCUT2D eigenvalue weighted by Gasteiger charge is -2.33. The van der Waals surface area contributed by atoms with Crippen LogP contribution in [0.3, 0.4) is 0 Å². The van der Waals surface area contributed by atoms with Gasteiger partial charge in [-0.05, 0) is 43.7 Å². The zero-order valence-electron chi connectivity index (χ0n) is 13.6. The number of nitrogens with two attached hydrogens (primary N) is 1. The molecule has 1 saturated heterocycles. The summed E-state index contributed by atoms with van der Waals surface area (Å²) in [6.45, 7) is 2.68. The molecular weight excluding hydrogens is 304 g/mol. The number of hydrogen-bond donors (Lipinski definition) is 1. The lowest BCUT2D eigenvalue weighted by Crippen LogP contribution is -2.37. The van der Waals surface area contributed by atoms with Gasteiger partial charge in [-0.3, -0.25) is 9.48 Å². The first-order valence-electron chi connectivity index (χ1n) is 8.60. The van der Waals surface area contributed by atoms with Crippen LogP contribution < -0.4 is 10.6 Å². The van der Waals surface area contributed by atoms with E-state index >= 15 is 0 Å². The summed E-state index contributed by atoms with van der Waals surface area (Å²) in [5.41, 5.74) is 7.10. The van der Waals surface area contributed by atoms with Gasteiger partial charge in [-0.25, -0.2) is 4.98 Å². The molecule has 7 heteroatoms. The van der Waals surface area contributed by atoms with Gasteiger partial charge in [0, 0.05) is 37.9 Å². The largest absolute Gasteiger partial charge is 0.365 e. The Hall–Kier alpha value is -2.44. The van der Waals surface area contributed by atoms with Gasteiger partial charge in [0.2, 0.25) is 0 Å². The van der Waals surface area contributed by atoms with E-state index in [-0.39, 0.29) is 0 Å². The van der Waals surface area contributed by atoms with Gasteiger partial charge in [0.25, 0.3) is 5.91 Å². The molecule has 7 nitrogen and oxygen atoms in total. The van der Waals surface area contributed by atoms with E-state index in [0.29, 0.717) is 23.2 Å². The Bertz CT molecular complexity index is 730. The number of carbonyl (C=O) groups is 1. The Morgan fingerprint density at radius 3 is 2.75 bits per heavy atom. The van der Waals surface area contributed by atoms with Crippen LogP contribution in [0.1, 0.15) is 47.7 Å². The van der Waals surface area contributed by atoms with Gasteiger partial charge in [-0.1, -0.05) is 5.21 Å². The Morgan fingerprint density at radius 2 is 2.04 bits per heavy atom. The number of pyridine rings is 1. The van der Waals surface area contributed by atoms with Crippen LogP contribution in [0.15, 0.2) is 24.5 Å². The van der Waals surface area contributed by atoms with Crippen LogP contribution in [0.4, 0.5) is 5.82 Å². The number of hydrogen-bond acceptors (Lipinski definition) is 5. The Morgan fingerprint density at radius 1 is 1.25 bits per heavy atom. The molecule has 24 heavy (non-hydrogen) atoms. The van der Waals surface area contributed by atoms with Crippen molar-refractivity contribution in [2.24, 2.45) is 11.7 Å². The van der Waals surface area contributed by atoms with Crippen molar-refractivity contribution in [1.29, 1.82) is 0 Å². The van der Waals surface area contributed by atoms with Crippen molar-refractivity contribution in [3.05, 3.63) is 35.8 Å². The van der Waals surface area contributed by atoms with E-state index in [4.69, 9.17) is 5.73 Å². The topological polar surface area (TPSA) is 89.9 Å². The van der Waals surface area contributed by atoms with Crippen LogP contribution in [0, 0.1) is 5.92 Å². The molecular formula is C17H22N6O. The SMILES string of the molecule is NC(=O)c1cccnc1N1CCC(Cn2cc(C3CC3)nn2)CC1. The van der Waals surface area contributed by atoms with Crippen LogP contribution in [0.2, 0.25) is 0 Å². The number of carbonyl (C=O) groups excluding carboxylic acids is 1. The first-order chi connectivity index (χ1) is 11.7. The van der Waals surface area contributed by atoms with Gasteiger partial charge in [0.15, 0.2) is 0 Å². The van der Waals surface area contributed by atoms with E-state index in [9.17, 15) is 4.79 Å². The van der Waals surface area contributed by atoms with E-state index in [1.807, 2.05) is 4.68 Å². The van der Waals surface area contributed by atoms with E-state index in [2.05, 4.69) is 26.4 Å². The molecule has 0 aromatic carbocycles. The maximum absolute atomic E-state index is 11.6. The van der Waals surface area contributed by atoms with Crippen molar-refractivity contribution >= 4 is 11.7 Å². The fraction of sp³-hybridized carbons (Fsp3) is 0.529. The van der Waals surface area contributed by atoms with Gasteiger partial charge in [-0.15, -0.1) is 5.10 Å². The van der Waals surface area contributed by atoms with Crippen LogP contribution in [-0.4, -0.2) is 39.0 Å². The molecule has 126 valence electrons. The van der Waals surface area contributed by atoms with Crippen molar-refractivity contribution in [3.8, 4) is 0 Å². The summed E-state index contributed by atoms with van der Waals surface area (Å²) < 4.78 is 1.99. The molecule has 4 rings (SSSR count). The highest BCUT2D eigenvalue weighted by atomic mass is 16.1. The number of anilines is 1. The maximum atomic E-state index is 11.6. The minimum Gasteiger partial charge on any atom is -0.365 e. The molecule has 0 bridgehead atoms. The first kappa shape index (κ1) is 15.1. The summed E-state index contributed by atoms with van der Waals surface area (Å²) in [6, 6.07) is 3.49. The fourth-order valence-corrected chi connectivity index (χ4v) is 3.40. The fourth-order valence-electron chi connectivity index (χ4n) is 3.40. The molecule has 1 aliphatic carbocycles. The quantitative estimate of drug-likeness (QED) is 0.900. The predicted molar refractivity (Wildman–Crippen MR) is 89.7 cm³/mol. The smallest absolute Gasteiger partial charge is 0.252 e. The van der Waals surface area contributed by atoms with Crippen LogP contribution in [-0.2, 0) is 6.54 Å². The lowest BCUT2D eigenvalue weighted by atomic mass is 9.96. The highest BCUT2D eigenvalue weighted by Gasteiger charge is 2.27. The van der Waals surface area contributed by atoms with Gasteiger partial charge < -0.3 is 10.6 Å². The van der Waals surface area contributed by atoms with Gasteiger partial charge in [0.1, 0.15) is 5.82 Å². The van der Waals surface area contributed by atoms with E-state index in [0.717, 1.165) is 38.2 Å². The van der Waals surface area contributed by atoms with Crippen molar-refractivity contribution in [3.63, 3.8) is 0 Å². The molecule has 2 aromatic heterocycles. The van der Waals surface area contributed by atoms with Crippen LogP contribution in [0.25, 0.3) is 0 Å². The maximum Gasteiger partial charge on any atom is 0.252 e. The molecule has 2 N–H and O–H groups in total. The first-order valence-corrected chi connectivity index (χ1v) is 8.60. The molecule has 3 heterocycles. The number of aromatic nitrogens is 4. The molecule has 0 atom stereocenters. The second kappa shape index (κ2) is 6.22. The monoisotopic (exact) mass is 326 g/mol. The summed E-state index contributed by atoms with van der Waals surface area (Å²) in [6.07, 6.45) is 8.42. The number of nitrogens with zero attached hydrogens (tertiary/aromatic N) is 5. The molecule has 1 aliphatic heterocycles. The highest BCUT2D eigenvalue weighted by molar-refractivity contribution is 5.97. The Kier molecular flexibility index (Phi) is 3.92. The summed E-state index contributed by atoms with van der Waals surface area (Å²) in [7, 11) is 0. The molecule has 2 aromatic rings. The Balaban J connectivity index is 1.37. The zero-order valence-corrected chi connectivity index (χ0v) is 13.6. The third-order valence-electron chi connectivity index (χ3n) is 4.96. The second-order valence-corrected chi connectivity index (χ2v) is 6.81. The van der Waals surface area contributed by atoms with E-state index in [1.165, 1.54) is 12.8 Å². The number of piperidine rings is 1. The van der Waals surface area contributed by atoms with Crippen molar-refractivity contribution < 1.29 is 4.79 Å². The summed E-state index contributed by atoms with van der Waals surface area (Å²) >= 11 is 0. The summed E-state index contributed by atoms with van der Waals surface area (Å²) in [4.78, 5) is 18.1. The minimum absolute atomic E-state index is 0.421. The molecule has 2 fully saturated rings. The molecule has 1 amide bonds. The Labute approximate surface area is 140 Å². The van der Waals surface area contributed by atoms with Crippen molar-refractivity contribution in [2.75, 3.05) is 18.0 Å². The molecule has 2 aliphatic rings. The normalized spacial score (nSPS) is 18.8. The number of primary amides is 1. The third kappa shape index (κ3) is 3.11. The molecule has 0 unspecified atom stereocenters.